The first-order valence-electron chi connectivity index (χ1n) is 8.23. The molecule has 0 heterocycles. The zero-order valence-corrected chi connectivity index (χ0v) is 13.0. The molecular weight excluding hydrogens is 262 g/mol. The molecular formula is C18H27NO2. The molecule has 1 aromatic rings. The molecule has 3 heteroatoms. The highest BCUT2D eigenvalue weighted by Gasteiger charge is 2.23. The summed E-state index contributed by atoms with van der Waals surface area (Å²) in [6, 6.07) is 7.60. The number of benzene rings is 1. The molecule has 1 atom stereocenters. The number of carbonyl (C=O) groups is 1. The largest absolute Gasteiger partial charge is 0.490 e. The van der Waals surface area contributed by atoms with E-state index in [1.54, 1.807) is 0 Å². The van der Waals surface area contributed by atoms with Crippen LogP contribution in [-0.2, 0) is 0 Å². The maximum Gasteiger partial charge on any atom is 0.162 e. The second-order valence-electron chi connectivity index (χ2n) is 6.04. The van der Waals surface area contributed by atoms with E-state index >= 15 is 0 Å². The van der Waals surface area contributed by atoms with Crippen molar-refractivity contribution in [1.29, 1.82) is 0 Å². The molecule has 1 aromatic carbocycles. The summed E-state index contributed by atoms with van der Waals surface area (Å²) in [6.07, 6.45) is 7.62. The zero-order chi connectivity index (χ0) is 15.1. The van der Waals surface area contributed by atoms with Crippen molar-refractivity contribution in [2.75, 3.05) is 6.54 Å². The molecule has 1 unspecified atom stereocenters. The number of hydrogen-bond acceptors (Lipinski definition) is 3. The van der Waals surface area contributed by atoms with Gasteiger partial charge in [-0.1, -0.05) is 19.8 Å². The van der Waals surface area contributed by atoms with Crippen molar-refractivity contribution in [3.05, 3.63) is 29.8 Å². The molecule has 1 saturated carbocycles. The first-order valence-corrected chi connectivity index (χ1v) is 8.23. The predicted molar refractivity (Wildman–Crippen MR) is 85.7 cm³/mol. The Kier molecular flexibility index (Phi) is 6.24. The van der Waals surface area contributed by atoms with Crippen LogP contribution in [0.25, 0.3) is 0 Å². The average Bonchev–Trinajstić information content (AvgIpc) is 3.30. The molecule has 0 saturated heterocycles. The van der Waals surface area contributed by atoms with Gasteiger partial charge in [-0.3, -0.25) is 4.79 Å². The van der Waals surface area contributed by atoms with E-state index in [-0.39, 0.29) is 5.78 Å². The summed E-state index contributed by atoms with van der Waals surface area (Å²) in [7, 11) is 0. The Labute approximate surface area is 127 Å². The molecule has 3 nitrogen and oxygen atoms in total. The lowest BCUT2D eigenvalue weighted by Crippen LogP contribution is -2.11. The number of ether oxygens (including phenoxy) is 1. The molecule has 0 aliphatic heterocycles. The van der Waals surface area contributed by atoms with Gasteiger partial charge in [0, 0.05) is 12.0 Å². The van der Waals surface area contributed by atoms with Gasteiger partial charge in [-0.05, 0) is 62.4 Å². The number of Topliss-reactive ketones (excluding diaryl/α,β-unsaturated/α-hetero) is 1. The number of rotatable bonds is 10. The molecule has 0 bridgehead atoms. The zero-order valence-electron chi connectivity index (χ0n) is 13.0. The van der Waals surface area contributed by atoms with E-state index in [0.717, 1.165) is 43.4 Å². The number of carbonyl (C=O) groups excluding carboxylic acids is 1. The average molecular weight is 289 g/mol. The van der Waals surface area contributed by atoms with Crippen LogP contribution in [-0.4, -0.2) is 18.4 Å². The normalized spacial score (nSPS) is 15.7. The van der Waals surface area contributed by atoms with Crippen molar-refractivity contribution in [3.8, 4) is 5.75 Å². The van der Waals surface area contributed by atoms with E-state index in [1.165, 1.54) is 6.42 Å². The van der Waals surface area contributed by atoms with E-state index in [2.05, 4.69) is 6.92 Å². The Morgan fingerprint density at radius 3 is 2.52 bits per heavy atom. The van der Waals surface area contributed by atoms with Gasteiger partial charge in [0.05, 0.1) is 6.10 Å². The molecule has 0 spiro atoms. The molecule has 1 fully saturated rings. The maximum atomic E-state index is 12.2. The van der Waals surface area contributed by atoms with Gasteiger partial charge in [-0.25, -0.2) is 0 Å². The van der Waals surface area contributed by atoms with E-state index < -0.39 is 0 Å². The fraction of sp³-hybridized carbons (Fsp3) is 0.611. The summed E-state index contributed by atoms with van der Waals surface area (Å²) in [5.74, 6) is 1.69. The molecule has 0 amide bonds. The summed E-state index contributed by atoms with van der Waals surface area (Å²) >= 11 is 0. The lowest BCUT2D eigenvalue weighted by molar-refractivity contribution is 0.0972. The third-order valence-electron chi connectivity index (χ3n) is 4.05. The van der Waals surface area contributed by atoms with Gasteiger partial charge >= 0.3 is 0 Å². The van der Waals surface area contributed by atoms with Gasteiger partial charge in [0.1, 0.15) is 5.75 Å². The van der Waals surface area contributed by atoms with Crippen molar-refractivity contribution in [1.82, 2.24) is 0 Å². The molecule has 116 valence electrons. The van der Waals surface area contributed by atoms with Crippen molar-refractivity contribution >= 4 is 5.78 Å². The van der Waals surface area contributed by atoms with E-state index in [4.69, 9.17) is 10.5 Å². The fourth-order valence-electron chi connectivity index (χ4n) is 2.65. The van der Waals surface area contributed by atoms with E-state index in [1.807, 2.05) is 24.3 Å². The molecule has 1 aliphatic rings. The second kappa shape index (κ2) is 8.18. The van der Waals surface area contributed by atoms with Crippen molar-refractivity contribution in [3.63, 3.8) is 0 Å². The van der Waals surface area contributed by atoms with Crippen LogP contribution in [0, 0.1) is 5.92 Å². The van der Waals surface area contributed by atoms with Gasteiger partial charge in [0.2, 0.25) is 0 Å². The Morgan fingerprint density at radius 2 is 1.95 bits per heavy atom. The number of nitrogens with two attached hydrogens (primary N) is 1. The quantitative estimate of drug-likeness (QED) is 0.663. The lowest BCUT2D eigenvalue weighted by atomic mass is 9.92. The second-order valence-corrected chi connectivity index (χ2v) is 6.04. The molecule has 0 aromatic heterocycles. The van der Waals surface area contributed by atoms with E-state index in [0.29, 0.717) is 25.0 Å². The van der Waals surface area contributed by atoms with Gasteiger partial charge in [-0.2, -0.15) is 0 Å². The van der Waals surface area contributed by atoms with Crippen LogP contribution in [0.2, 0.25) is 0 Å². The minimum atomic E-state index is 0.228. The van der Waals surface area contributed by atoms with Crippen molar-refractivity contribution in [2.45, 2.75) is 58.0 Å². The Bertz CT molecular complexity index is 431. The van der Waals surface area contributed by atoms with Crippen LogP contribution in [0.15, 0.2) is 24.3 Å². The Morgan fingerprint density at radius 1 is 1.24 bits per heavy atom. The first kappa shape index (κ1) is 16.0. The molecule has 21 heavy (non-hydrogen) atoms. The van der Waals surface area contributed by atoms with Gasteiger partial charge in [0.15, 0.2) is 5.78 Å². The molecule has 2 rings (SSSR count). The van der Waals surface area contributed by atoms with Crippen LogP contribution in [0.3, 0.4) is 0 Å². The number of hydrogen-bond donors (Lipinski definition) is 1. The lowest BCUT2D eigenvalue weighted by Gasteiger charge is -2.14. The smallest absolute Gasteiger partial charge is 0.162 e. The molecule has 2 N–H and O–H groups in total. The standard InChI is InChI=1S/C18H27NO2/c1-2-3-14(12-13-19)4-11-18(20)15-5-7-16(8-6-15)21-17-9-10-17/h5-8,14,17H,2-4,9-13,19H2,1H3. The monoisotopic (exact) mass is 289 g/mol. The predicted octanol–water partition coefficient (Wildman–Crippen LogP) is 3.96. The highest BCUT2D eigenvalue weighted by Crippen LogP contribution is 2.27. The minimum Gasteiger partial charge on any atom is -0.490 e. The summed E-state index contributed by atoms with van der Waals surface area (Å²) in [5, 5.41) is 0. The van der Waals surface area contributed by atoms with Crippen molar-refractivity contribution < 1.29 is 9.53 Å². The molecule has 0 radical (unpaired) electrons. The third kappa shape index (κ3) is 5.50. The van der Waals surface area contributed by atoms with Gasteiger partial charge in [0.25, 0.3) is 0 Å². The van der Waals surface area contributed by atoms with E-state index in [9.17, 15) is 4.79 Å². The highest BCUT2D eigenvalue weighted by atomic mass is 16.5. The SMILES string of the molecule is CCCC(CCN)CCC(=O)c1ccc(OC2CC2)cc1. The maximum absolute atomic E-state index is 12.2. The summed E-state index contributed by atoms with van der Waals surface area (Å²) in [4.78, 5) is 12.2. The summed E-state index contributed by atoms with van der Waals surface area (Å²) in [6.45, 7) is 2.90. The topological polar surface area (TPSA) is 52.3 Å². The van der Waals surface area contributed by atoms with Crippen molar-refractivity contribution in [2.24, 2.45) is 11.7 Å². The fourth-order valence-corrected chi connectivity index (χ4v) is 2.65. The van der Waals surface area contributed by atoms with Gasteiger partial charge in [-0.15, -0.1) is 0 Å². The number of ketones is 1. The summed E-state index contributed by atoms with van der Waals surface area (Å²) < 4.78 is 5.70. The highest BCUT2D eigenvalue weighted by molar-refractivity contribution is 5.96. The first-order chi connectivity index (χ1) is 10.2. The third-order valence-corrected chi connectivity index (χ3v) is 4.05. The summed E-state index contributed by atoms with van der Waals surface area (Å²) in [5.41, 5.74) is 6.43. The van der Waals surface area contributed by atoms with Crippen LogP contribution < -0.4 is 10.5 Å². The van der Waals surface area contributed by atoms with Crippen LogP contribution in [0.4, 0.5) is 0 Å². The van der Waals surface area contributed by atoms with Crippen LogP contribution >= 0.6 is 0 Å². The van der Waals surface area contributed by atoms with Crippen LogP contribution in [0.1, 0.15) is 62.2 Å². The Hall–Kier alpha value is -1.35. The van der Waals surface area contributed by atoms with Crippen LogP contribution in [0.5, 0.6) is 5.75 Å². The van der Waals surface area contributed by atoms with Gasteiger partial charge < -0.3 is 10.5 Å². The Balaban J connectivity index is 1.81. The molecule has 1 aliphatic carbocycles. The minimum absolute atomic E-state index is 0.228.